The summed E-state index contributed by atoms with van der Waals surface area (Å²) >= 11 is 3.81. The second-order valence-electron chi connectivity index (χ2n) is 3.05. The zero-order valence-corrected chi connectivity index (χ0v) is 10.4. The third-order valence-corrected chi connectivity index (χ3v) is 1.87. The second kappa shape index (κ2) is 11.2. The van der Waals surface area contributed by atoms with Crippen LogP contribution in [0.15, 0.2) is 0 Å². The van der Waals surface area contributed by atoms with Crippen LogP contribution in [0.2, 0.25) is 0 Å². The smallest absolute Gasteiger partial charge is 0.184 e. The van der Waals surface area contributed by atoms with Crippen molar-refractivity contribution in [3.63, 3.8) is 0 Å². The lowest BCUT2D eigenvalue weighted by molar-refractivity contribution is -0.286. The lowest BCUT2D eigenvalue weighted by Crippen LogP contribution is -2.58. The molecule has 18 heavy (non-hydrogen) atoms. The average molecular weight is 280 g/mol. The molecule has 1 aliphatic heterocycles. The number of aliphatic hydroxyl groups excluding tert-OH is 5. The third-order valence-electron chi connectivity index (χ3n) is 1.87. The molecule has 9 heteroatoms. The molecule has 0 bridgehead atoms. The number of isothiocyanates is 1. The van der Waals surface area contributed by atoms with Crippen LogP contribution in [0.25, 0.3) is 0 Å². The first kappa shape index (κ1) is 19.4. The monoisotopic (exact) mass is 280 g/mol. The molecule has 0 radical (unpaired) electrons. The Kier molecular flexibility index (Phi) is 12.0. The van der Waals surface area contributed by atoms with E-state index in [1.807, 2.05) is 0 Å². The molecule has 1 rings (SSSR count). The van der Waals surface area contributed by atoms with Crippen molar-refractivity contribution < 1.29 is 30.3 Å². The summed E-state index contributed by atoms with van der Waals surface area (Å²) in [7, 11) is 0. The molecular formula is C9H16N2O6S. The first-order valence-electron chi connectivity index (χ1n) is 4.74. The Hall–Kier alpha value is -0.950. The third kappa shape index (κ3) is 6.70. The van der Waals surface area contributed by atoms with Gasteiger partial charge in [-0.1, -0.05) is 0 Å². The molecular weight excluding hydrogens is 264 g/mol. The fraction of sp³-hybridized carbons (Fsp3) is 0.778. The minimum Gasteiger partial charge on any atom is -0.394 e. The van der Waals surface area contributed by atoms with Gasteiger partial charge in [0, 0.05) is 6.92 Å². The number of hydrogen-bond acceptors (Lipinski definition) is 9. The van der Waals surface area contributed by atoms with E-state index >= 15 is 0 Å². The van der Waals surface area contributed by atoms with E-state index in [1.54, 1.807) is 11.2 Å². The van der Waals surface area contributed by atoms with Gasteiger partial charge in [-0.05, 0) is 12.2 Å². The Bertz CT molecular complexity index is 287. The van der Waals surface area contributed by atoms with E-state index in [2.05, 4.69) is 17.0 Å². The molecule has 1 saturated heterocycles. The molecule has 6 N–H and O–H groups in total. The maximum Gasteiger partial charge on any atom is 0.184 e. The van der Waals surface area contributed by atoms with Crippen LogP contribution >= 0.6 is 12.2 Å². The maximum absolute atomic E-state index is 9.12. The summed E-state index contributed by atoms with van der Waals surface area (Å²) in [6, 6.07) is 1.75. The van der Waals surface area contributed by atoms with E-state index in [4.69, 9.17) is 36.2 Å². The van der Waals surface area contributed by atoms with E-state index in [0.717, 1.165) is 0 Å². The lowest BCUT2D eigenvalue weighted by Gasteiger charge is -2.37. The van der Waals surface area contributed by atoms with Crippen LogP contribution in [0.1, 0.15) is 6.92 Å². The van der Waals surface area contributed by atoms with E-state index in [1.165, 1.54) is 6.92 Å². The van der Waals surface area contributed by atoms with E-state index in [9.17, 15) is 0 Å². The standard InChI is InChI=1S/C6H12O6.C2H3N.CHNS/c7-1-2-3(8)4(9)5(10)6(11)12-2;1-2-3;2-1-3/h2-11H,1H2;1H3;2H/t2-,3-,4+,5-,6?;;/m1../s1. The summed E-state index contributed by atoms with van der Waals surface area (Å²) in [5.74, 6) is 0. The van der Waals surface area contributed by atoms with Crippen molar-refractivity contribution in [1.29, 1.82) is 10.7 Å². The van der Waals surface area contributed by atoms with Crippen molar-refractivity contribution in [3.05, 3.63) is 0 Å². The van der Waals surface area contributed by atoms with Crippen LogP contribution in [0, 0.1) is 16.7 Å². The molecule has 0 aromatic heterocycles. The van der Waals surface area contributed by atoms with Gasteiger partial charge in [-0.15, -0.1) is 0 Å². The zero-order chi connectivity index (χ0) is 14.7. The molecule has 0 spiro atoms. The SMILES string of the molecule is CC#N.N=C=S.OC[C@H]1OC(O)[C@H](O)[C@@H](O)[C@@H]1O. The van der Waals surface area contributed by atoms with Gasteiger partial charge in [0.2, 0.25) is 0 Å². The van der Waals surface area contributed by atoms with Gasteiger partial charge in [0.05, 0.1) is 17.8 Å². The summed E-state index contributed by atoms with van der Waals surface area (Å²) in [5, 5.41) is 59.3. The molecule has 1 fully saturated rings. The van der Waals surface area contributed by atoms with Crippen molar-refractivity contribution in [2.75, 3.05) is 6.61 Å². The molecule has 0 saturated carbocycles. The molecule has 0 aliphatic carbocycles. The molecule has 1 aliphatic rings. The van der Waals surface area contributed by atoms with Gasteiger partial charge >= 0.3 is 0 Å². The van der Waals surface area contributed by atoms with Gasteiger partial charge in [-0.25, -0.2) is 5.41 Å². The van der Waals surface area contributed by atoms with Gasteiger partial charge in [0.25, 0.3) is 0 Å². The van der Waals surface area contributed by atoms with Crippen molar-refractivity contribution in [2.24, 2.45) is 0 Å². The van der Waals surface area contributed by atoms with E-state index in [0.29, 0.717) is 0 Å². The summed E-state index contributed by atoms with van der Waals surface area (Å²) in [5.41, 5.74) is 0. The van der Waals surface area contributed by atoms with Crippen LogP contribution < -0.4 is 0 Å². The van der Waals surface area contributed by atoms with Gasteiger partial charge in [0.1, 0.15) is 24.4 Å². The first-order chi connectivity index (χ1) is 8.40. The number of thiocarbonyl (C=S) groups is 1. The summed E-state index contributed by atoms with van der Waals surface area (Å²) in [6.45, 7) is 0.905. The van der Waals surface area contributed by atoms with Gasteiger partial charge < -0.3 is 30.3 Å². The largest absolute Gasteiger partial charge is 0.394 e. The van der Waals surface area contributed by atoms with Crippen molar-refractivity contribution in [1.82, 2.24) is 0 Å². The molecule has 1 heterocycles. The number of nitrogens with zero attached hydrogens (tertiary/aromatic N) is 1. The van der Waals surface area contributed by atoms with Crippen LogP contribution in [0.3, 0.4) is 0 Å². The molecule has 0 amide bonds. The highest BCUT2D eigenvalue weighted by Gasteiger charge is 2.42. The Morgan fingerprint density at radius 2 is 1.61 bits per heavy atom. The fourth-order valence-electron chi connectivity index (χ4n) is 1.08. The van der Waals surface area contributed by atoms with Crippen LogP contribution in [-0.4, -0.2) is 68.0 Å². The number of hydrogen-bond donors (Lipinski definition) is 6. The molecule has 8 nitrogen and oxygen atoms in total. The quantitative estimate of drug-likeness (QED) is 0.237. The first-order valence-corrected chi connectivity index (χ1v) is 5.15. The number of nitrogens with one attached hydrogen (secondary N) is 1. The summed E-state index contributed by atoms with van der Waals surface area (Å²) < 4.78 is 4.58. The van der Waals surface area contributed by atoms with Gasteiger partial charge in [0.15, 0.2) is 6.29 Å². The van der Waals surface area contributed by atoms with Crippen LogP contribution in [-0.2, 0) is 4.74 Å². The Balaban J connectivity index is 0. The predicted molar refractivity (Wildman–Crippen MR) is 62.6 cm³/mol. The number of nitriles is 1. The van der Waals surface area contributed by atoms with Crippen molar-refractivity contribution in [3.8, 4) is 6.07 Å². The lowest BCUT2D eigenvalue weighted by atomic mass is 10.00. The molecule has 104 valence electrons. The second-order valence-corrected chi connectivity index (χ2v) is 3.25. The molecule has 5 atom stereocenters. The number of ether oxygens (including phenoxy) is 1. The predicted octanol–water partition coefficient (Wildman–Crippen LogP) is -2.02. The summed E-state index contributed by atoms with van der Waals surface area (Å²) in [4.78, 5) is 0. The average Bonchev–Trinajstić information content (AvgIpc) is 2.33. The number of aliphatic hydroxyl groups is 5. The van der Waals surface area contributed by atoms with E-state index < -0.39 is 37.3 Å². The Morgan fingerprint density at radius 3 is 1.94 bits per heavy atom. The molecule has 1 unspecified atom stereocenters. The van der Waals surface area contributed by atoms with Crippen molar-refractivity contribution >= 4 is 17.4 Å². The minimum absolute atomic E-state index is 0.526. The van der Waals surface area contributed by atoms with Crippen LogP contribution in [0.5, 0.6) is 0 Å². The summed E-state index contributed by atoms with van der Waals surface area (Å²) in [6.07, 6.45) is -7.04. The van der Waals surface area contributed by atoms with Gasteiger partial charge in [-0.2, -0.15) is 5.26 Å². The Labute approximate surface area is 109 Å². The number of rotatable bonds is 1. The maximum atomic E-state index is 9.12. The van der Waals surface area contributed by atoms with Crippen LogP contribution in [0.4, 0.5) is 0 Å². The molecule has 0 aromatic rings. The van der Waals surface area contributed by atoms with Crippen molar-refractivity contribution in [2.45, 2.75) is 37.6 Å². The highest BCUT2D eigenvalue weighted by Crippen LogP contribution is 2.18. The zero-order valence-electron chi connectivity index (χ0n) is 9.59. The fourth-order valence-corrected chi connectivity index (χ4v) is 1.08. The highest BCUT2D eigenvalue weighted by molar-refractivity contribution is 7.78. The van der Waals surface area contributed by atoms with Gasteiger partial charge in [-0.3, -0.25) is 0 Å². The topological polar surface area (TPSA) is 158 Å². The Morgan fingerprint density at radius 1 is 1.22 bits per heavy atom. The normalized spacial score (nSPS) is 33.7. The highest BCUT2D eigenvalue weighted by atomic mass is 32.1. The molecule has 0 aromatic carbocycles. The van der Waals surface area contributed by atoms with E-state index in [-0.39, 0.29) is 0 Å². The minimum atomic E-state index is -1.57.